The van der Waals surface area contributed by atoms with E-state index in [4.69, 9.17) is 9.72 Å². The Balaban J connectivity index is 1.66. The molecule has 0 saturated carbocycles. The van der Waals surface area contributed by atoms with Gasteiger partial charge in [-0.1, -0.05) is 42.1 Å². The Morgan fingerprint density at radius 3 is 2.76 bits per heavy atom. The van der Waals surface area contributed by atoms with Crippen LogP contribution in [0.3, 0.4) is 0 Å². The number of amides is 1. The molecule has 6 nitrogen and oxygen atoms in total. The number of aromatic nitrogens is 2. The summed E-state index contributed by atoms with van der Waals surface area (Å²) >= 11 is 2.86. The van der Waals surface area contributed by atoms with Gasteiger partial charge < -0.3 is 10.1 Å². The number of nitrogens with zero attached hydrogens (tertiary/aromatic N) is 2. The molecule has 0 bridgehead atoms. The number of thioether (sulfide) groups is 1. The largest absolute Gasteiger partial charge is 0.382 e. The van der Waals surface area contributed by atoms with Crippen LogP contribution in [0.1, 0.15) is 42.7 Å². The average Bonchev–Trinajstić information content (AvgIpc) is 3.09. The molecule has 0 spiro atoms. The smallest absolute Gasteiger partial charge is 0.263 e. The molecule has 3 rings (SSSR count). The third-order valence-corrected chi connectivity index (χ3v) is 7.65. The molecule has 0 fully saturated rings. The van der Waals surface area contributed by atoms with E-state index in [1.165, 1.54) is 28.7 Å². The fourth-order valence-electron chi connectivity index (χ4n) is 3.63. The van der Waals surface area contributed by atoms with Crippen molar-refractivity contribution in [3.8, 4) is 0 Å². The van der Waals surface area contributed by atoms with Crippen LogP contribution in [0.25, 0.3) is 10.2 Å². The summed E-state index contributed by atoms with van der Waals surface area (Å²) in [5.74, 6) is 0.178. The molecule has 33 heavy (non-hydrogen) atoms. The average molecular weight is 488 g/mol. The molecule has 1 N–H and O–H groups in total. The number of benzene rings is 1. The molecule has 0 aliphatic rings. The second kappa shape index (κ2) is 12.3. The van der Waals surface area contributed by atoms with E-state index in [1.54, 1.807) is 4.57 Å². The predicted octanol–water partition coefficient (Wildman–Crippen LogP) is 4.73. The van der Waals surface area contributed by atoms with Gasteiger partial charge in [-0.05, 0) is 58.1 Å². The Morgan fingerprint density at radius 1 is 1.27 bits per heavy atom. The first kappa shape index (κ1) is 25.5. The van der Waals surface area contributed by atoms with Crippen molar-refractivity contribution in [2.75, 3.05) is 19.0 Å². The molecule has 0 aliphatic carbocycles. The number of ether oxygens (including phenoxy) is 1. The number of aryl methyl sites for hydroxylation is 3. The summed E-state index contributed by atoms with van der Waals surface area (Å²) < 4.78 is 7.15. The third kappa shape index (κ3) is 6.91. The zero-order valence-electron chi connectivity index (χ0n) is 19.8. The minimum atomic E-state index is -0.0469. The fraction of sp³-hybridized carbons (Fsp3) is 0.480. The quantitative estimate of drug-likeness (QED) is 0.227. The second-order valence-electron chi connectivity index (χ2n) is 8.15. The minimum absolute atomic E-state index is 0.0301. The minimum Gasteiger partial charge on any atom is -0.382 e. The molecule has 1 aromatic carbocycles. The summed E-state index contributed by atoms with van der Waals surface area (Å²) in [5, 5.41) is 4.36. The van der Waals surface area contributed by atoms with E-state index >= 15 is 0 Å². The molecule has 3 aromatic rings. The lowest BCUT2D eigenvalue weighted by atomic mass is 10.1. The highest BCUT2D eigenvalue weighted by Gasteiger charge is 2.18. The standard InChI is InChI=1S/C25H33N3O3S2/c1-5-31-15-9-14-28-24(30)22-18(3)19(4)33-23(22)27-25(28)32-16-21(29)26-17(2)12-13-20-10-7-6-8-11-20/h6-8,10-11,17H,5,9,12-16H2,1-4H3,(H,26,29). The summed E-state index contributed by atoms with van der Waals surface area (Å²) in [4.78, 5) is 32.5. The van der Waals surface area contributed by atoms with Crippen LogP contribution < -0.4 is 10.9 Å². The SMILES string of the molecule is CCOCCCn1c(SCC(=O)NC(C)CCc2ccccc2)nc2sc(C)c(C)c2c1=O. The van der Waals surface area contributed by atoms with Crippen molar-refractivity contribution in [3.63, 3.8) is 0 Å². The second-order valence-corrected chi connectivity index (χ2v) is 10.3. The highest BCUT2D eigenvalue weighted by Crippen LogP contribution is 2.28. The molecule has 2 heterocycles. The van der Waals surface area contributed by atoms with Crippen molar-refractivity contribution in [1.82, 2.24) is 14.9 Å². The third-order valence-electron chi connectivity index (χ3n) is 5.58. The van der Waals surface area contributed by atoms with Crippen molar-refractivity contribution in [2.45, 2.75) is 64.7 Å². The van der Waals surface area contributed by atoms with Gasteiger partial charge in [0.2, 0.25) is 5.91 Å². The van der Waals surface area contributed by atoms with E-state index in [9.17, 15) is 9.59 Å². The Hall–Kier alpha value is -2.16. The maximum atomic E-state index is 13.3. The predicted molar refractivity (Wildman–Crippen MR) is 138 cm³/mol. The highest BCUT2D eigenvalue weighted by atomic mass is 32.2. The zero-order valence-corrected chi connectivity index (χ0v) is 21.5. The van der Waals surface area contributed by atoms with E-state index in [1.807, 2.05) is 45.9 Å². The lowest BCUT2D eigenvalue weighted by molar-refractivity contribution is -0.119. The number of hydrogen-bond donors (Lipinski definition) is 1. The molecule has 0 radical (unpaired) electrons. The normalized spacial score (nSPS) is 12.2. The molecule has 1 unspecified atom stereocenters. The van der Waals surface area contributed by atoms with Crippen molar-refractivity contribution < 1.29 is 9.53 Å². The van der Waals surface area contributed by atoms with Crippen LogP contribution >= 0.6 is 23.1 Å². The van der Waals surface area contributed by atoms with Crippen molar-refractivity contribution >= 4 is 39.2 Å². The summed E-state index contributed by atoms with van der Waals surface area (Å²) in [6.45, 7) is 9.73. The fourth-order valence-corrected chi connectivity index (χ4v) is 5.54. The van der Waals surface area contributed by atoms with E-state index in [-0.39, 0.29) is 23.3 Å². The first-order chi connectivity index (χ1) is 15.9. The van der Waals surface area contributed by atoms with Gasteiger partial charge in [0.25, 0.3) is 5.56 Å². The summed E-state index contributed by atoms with van der Waals surface area (Å²) in [6.07, 6.45) is 2.52. The Kier molecular flexibility index (Phi) is 9.52. The number of carbonyl (C=O) groups excluding carboxylic acids is 1. The molecule has 0 aliphatic heterocycles. The van der Waals surface area contributed by atoms with Gasteiger partial charge in [0.15, 0.2) is 5.16 Å². The van der Waals surface area contributed by atoms with Crippen LogP contribution in [0.2, 0.25) is 0 Å². The van der Waals surface area contributed by atoms with Gasteiger partial charge >= 0.3 is 0 Å². The molecular weight excluding hydrogens is 454 g/mol. The molecule has 8 heteroatoms. The first-order valence-corrected chi connectivity index (χ1v) is 13.2. The van der Waals surface area contributed by atoms with Crippen molar-refractivity contribution in [1.29, 1.82) is 0 Å². The van der Waals surface area contributed by atoms with Crippen molar-refractivity contribution in [3.05, 3.63) is 56.7 Å². The van der Waals surface area contributed by atoms with Gasteiger partial charge in [0, 0.05) is 30.7 Å². The Bertz CT molecular complexity index is 1130. The van der Waals surface area contributed by atoms with E-state index < -0.39 is 0 Å². The summed E-state index contributed by atoms with van der Waals surface area (Å²) in [5.41, 5.74) is 2.23. The van der Waals surface area contributed by atoms with Crippen LogP contribution in [-0.4, -0.2) is 40.5 Å². The molecule has 178 valence electrons. The number of carbonyl (C=O) groups is 1. The van der Waals surface area contributed by atoms with Crippen LogP contribution in [0.15, 0.2) is 40.3 Å². The number of fused-ring (bicyclic) bond motifs is 1. The van der Waals surface area contributed by atoms with Crippen LogP contribution in [0, 0.1) is 13.8 Å². The maximum absolute atomic E-state index is 13.3. The van der Waals surface area contributed by atoms with E-state index in [0.29, 0.717) is 30.3 Å². The van der Waals surface area contributed by atoms with Crippen LogP contribution in [0.5, 0.6) is 0 Å². The molecule has 2 aromatic heterocycles. The Labute approximate surface area is 203 Å². The summed E-state index contributed by atoms with van der Waals surface area (Å²) in [6, 6.07) is 10.3. The monoisotopic (exact) mass is 487 g/mol. The van der Waals surface area contributed by atoms with E-state index in [2.05, 4.69) is 17.4 Å². The topological polar surface area (TPSA) is 73.2 Å². The number of thiophene rings is 1. The van der Waals surface area contributed by atoms with Crippen molar-refractivity contribution in [2.24, 2.45) is 0 Å². The number of rotatable bonds is 12. The zero-order chi connectivity index (χ0) is 23.8. The molecule has 0 saturated heterocycles. The van der Waals surface area contributed by atoms with Gasteiger partial charge in [-0.3, -0.25) is 14.2 Å². The van der Waals surface area contributed by atoms with E-state index in [0.717, 1.165) is 34.5 Å². The molecule has 1 atom stereocenters. The maximum Gasteiger partial charge on any atom is 0.263 e. The van der Waals surface area contributed by atoms with Gasteiger partial charge in [-0.25, -0.2) is 4.98 Å². The summed E-state index contributed by atoms with van der Waals surface area (Å²) in [7, 11) is 0. The van der Waals surface area contributed by atoms with Crippen LogP contribution in [0.4, 0.5) is 0 Å². The van der Waals surface area contributed by atoms with Crippen LogP contribution in [-0.2, 0) is 22.5 Å². The van der Waals surface area contributed by atoms with Gasteiger partial charge in [0.05, 0.1) is 11.1 Å². The number of nitrogens with one attached hydrogen (secondary N) is 1. The van der Waals surface area contributed by atoms with Gasteiger partial charge in [0.1, 0.15) is 4.83 Å². The Morgan fingerprint density at radius 2 is 2.03 bits per heavy atom. The first-order valence-electron chi connectivity index (χ1n) is 11.4. The number of hydrogen-bond acceptors (Lipinski definition) is 6. The van der Waals surface area contributed by atoms with Gasteiger partial charge in [-0.15, -0.1) is 11.3 Å². The highest BCUT2D eigenvalue weighted by molar-refractivity contribution is 7.99. The molecule has 1 amide bonds. The lowest BCUT2D eigenvalue weighted by Crippen LogP contribution is -2.34. The lowest BCUT2D eigenvalue weighted by Gasteiger charge is -2.15. The molecular formula is C25H33N3O3S2. The van der Waals surface area contributed by atoms with Gasteiger partial charge in [-0.2, -0.15) is 0 Å².